The minimum Gasteiger partial charge on any atom is -0.468 e. The highest BCUT2D eigenvalue weighted by Gasteiger charge is 2.51. The lowest BCUT2D eigenvalue weighted by molar-refractivity contribution is -0.150. The molecular formula is C15H26F2N2O2. The molecule has 2 saturated carbocycles. The molecular weight excluding hydrogens is 278 g/mol. The molecule has 0 amide bonds. The molecule has 21 heavy (non-hydrogen) atoms. The van der Waals surface area contributed by atoms with Crippen LogP contribution in [0, 0.1) is 5.92 Å². The number of rotatable bonds is 8. The molecule has 0 radical (unpaired) electrons. The van der Waals surface area contributed by atoms with Crippen LogP contribution in [-0.4, -0.2) is 56.1 Å². The lowest BCUT2D eigenvalue weighted by atomic mass is 9.84. The van der Waals surface area contributed by atoms with Gasteiger partial charge in [0.25, 0.3) is 6.43 Å². The summed E-state index contributed by atoms with van der Waals surface area (Å²) in [4.78, 5) is 14.0. The number of alkyl halides is 2. The summed E-state index contributed by atoms with van der Waals surface area (Å²) >= 11 is 0. The zero-order valence-corrected chi connectivity index (χ0v) is 12.9. The minimum absolute atomic E-state index is 0.172. The zero-order valence-electron chi connectivity index (χ0n) is 12.9. The van der Waals surface area contributed by atoms with Crippen LogP contribution in [0.25, 0.3) is 0 Å². The topological polar surface area (TPSA) is 41.6 Å². The van der Waals surface area contributed by atoms with Crippen molar-refractivity contribution in [1.29, 1.82) is 0 Å². The van der Waals surface area contributed by atoms with E-state index in [9.17, 15) is 13.6 Å². The number of carbonyl (C=O) groups is 1. The second-order valence-corrected chi connectivity index (χ2v) is 6.41. The smallest absolute Gasteiger partial charge is 0.326 e. The van der Waals surface area contributed by atoms with Crippen LogP contribution >= 0.6 is 0 Å². The van der Waals surface area contributed by atoms with E-state index in [0.29, 0.717) is 12.6 Å². The molecule has 1 N–H and O–H groups in total. The highest BCUT2D eigenvalue weighted by molar-refractivity contribution is 5.81. The third-order valence-electron chi connectivity index (χ3n) is 4.72. The number of hydrogen-bond acceptors (Lipinski definition) is 4. The molecule has 2 unspecified atom stereocenters. The van der Waals surface area contributed by atoms with Gasteiger partial charge in [0.2, 0.25) is 0 Å². The minimum atomic E-state index is -2.31. The van der Waals surface area contributed by atoms with Crippen LogP contribution in [0.3, 0.4) is 0 Å². The Labute approximate surface area is 125 Å². The Morgan fingerprint density at radius 2 is 2.14 bits per heavy atom. The van der Waals surface area contributed by atoms with E-state index in [-0.39, 0.29) is 18.4 Å². The molecule has 122 valence electrons. The Balaban J connectivity index is 1.96. The van der Waals surface area contributed by atoms with Gasteiger partial charge in [-0.2, -0.15) is 0 Å². The van der Waals surface area contributed by atoms with Crippen molar-refractivity contribution in [3.8, 4) is 0 Å². The van der Waals surface area contributed by atoms with Crippen molar-refractivity contribution in [3.63, 3.8) is 0 Å². The molecule has 2 aliphatic rings. The number of halogens is 2. The van der Waals surface area contributed by atoms with E-state index < -0.39 is 12.0 Å². The SMILES string of the molecule is COC(=O)C1(NC2CC2)CCCC1CCN(C)CC(F)F. The van der Waals surface area contributed by atoms with Crippen LogP contribution in [0.2, 0.25) is 0 Å². The maximum Gasteiger partial charge on any atom is 0.326 e. The summed E-state index contributed by atoms with van der Waals surface area (Å²) in [6.07, 6.45) is 3.38. The van der Waals surface area contributed by atoms with Gasteiger partial charge in [0.05, 0.1) is 13.7 Å². The third kappa shape index (κ3) is 4.13. The summed E-state index contributed by atoms with van der Waals surface area (Å²) in [6, 6.07) is 0.420. The molecule has 0 aromatic heterocycles. The van der Waals surface area contributed by atoms with Crippen LogP contribution in [-0.2, 0) is 9.53 Å². The Hall–Kier alpha value is -0.750. The van der Waals surface area contributed by atoms with Crippen molar-refractivity contribution in [2.24, 2.45) is 5.92 Å². The van der Waals surface area contributed by atoms with Crippen molar-refractivity contribution in [3.05, 3.63) is 0 Å². The van der Waals surface area contributed by atoms with E-state index in [2.05, 4.69) is 5.32 Å². The van der Waals surface area contributed by atoms with Crippen LogP contribution in [0.4, 0.5) is 8.78 Å². The van der Waals surface area contributed by atoms with E-state index in [1.807, 2.05) is 0 Å². The predicted molar refractivity (Wildman–Crippen MR) is 76.4 cm³/mol. The highest BCUT2D eigenvalue weighted by Crippen LogP contribution is 2.41. The molecule has 0 aromatic carbocycles. The molecule has 2 atom stereocenters. The fraction of sp³-hybridized carbons (Fsp3) is 0.933. The average molecular weight is 304 g/mol. The van der Waals surface area contributed by atoms with Crippen molar-refractivity contribution < 1.29 is 18.3 Å². The largest absolute Gasteiger partial charge is 0.468 e. The van der Waals surface area contributed by atoms with Gasteiger partial charge in [0.15, 0.2) is 0 Å². The van der Waals surface area contributed by atoms with Gasteiger partial charge >= 0.3 is 5.97 Å². The van der Waals surface area contributed by atoms with Gasteiger partial charge in [-0.15, -0.1) is 0 Å². The number of nitrogens with zero attached hydrogens (tertiary/aromatic N) is 1. The molecule has 2 rings (SSSR count). The zero-order chi connectivity index (χ0) is 15.5. The molecule has 0 bridgehead atoms. The Bertz CT molecular complexity index is 364. The first-order chi connectivity index (χ1) is 9.98. The molecule has 2 fully saturated rings. The molecule has 0 spiro atoms. The lowest BCUT2D eigenvalue weighted by Gasteiger charge is -2.35. The standard InChI is InChI=1S/C15H26F2N2O2/c1-19(10-13(16)17)9-7-11-4-3-8-15(11,14(20)21-2)18-12-5-6-12/h11-13,18H,3-10H2,1-2H3. The number of hydrogen-bond donors (Lipinski definition) is 1. The molecule has 0 aliphatic heterocycles. The second-order valence-electron chi connectivity index (χ2n) is 6.41. The van der Waals surface area contributed by atoms with Crippen molar-refractivity contribution in [2.75, 3.05) is 27.2 Å². The maximum absolute atomic E-state index is 12.4. The first-order valence-electron chi connectivity index (χ1n) is 7.80. The second kappa shape index (κ2) is 7.01. The lowest BCUT2D eigenvalue weighted by Crippen LogP contribution is -2.56. The van der Waals surface area contributed by atoms with Crippen molar-refractivity contribution in [1.82, 2.24) is 10.2 Å². The van der Waals surface area contributed by atoms with Crippen LogP contribution in [0.5, 0.6) is 0 Å². The van der Waals surface area contributed by atoms with Crippen LogP contribution < -0.4 is 5.32 Å². The fourth-order valence-electron chi connectivity index (χ4n) is 3.46. The van der Waals surface area contributed by atoms with Gasteiger partial charge in [-0.1, -0.05) is 6.42 Å². The molecule has 0 heterocycles. The summed E-state index contributed by atoms with van der Waals surface area (Å²) < 4.78 is 29.8. The fourth-order valence-corrected chi connectivity index (χ4v) is 3.46. The first kappa shape index (κ1) is 16.6. The summed E-state index contributed by atoms with van der Waals surface area (Å²) in [7, 11) is 3.13. The monoisotopic (exact) mass is 304 g/mol. The van der Waals surface area contributed by atoms with E-state index in [1.165, 1.54) is 7.11 Å². The maximum atomic E-state index is 12.4. The number of nitrogens with one attached hydrogen (secondary N) is 1. The predicted octanol–water partition coefficient (Wildman–Crippen LogP) is 2.04. The molecule has 0 saturated heterocycles. The summed E-state index contributed by atoms with van der Waals surface area (Å²) in [5.74, 6) is -0.0147. The number of esters is 1. The normalized spacial score (nSPS) is 29.3. The quantitative estimate of drug-likeness (QED) is 0.697. The van der Waals surface area contributed by atoms with Gasteiger partial charge in [0, 0.05) is 6.04 Å². The third-order valence-corrected chi connectivity index (χ3v) is 4.72. The Morgan fingerprint density at radius 3 is 2.71 bits per heavy atom. The van der Waals surface area contributed by atoms with Crippen LogP contribution in [0.1, 0.15) is 38.5 Å². The van der Waals surface area contributed by atoms with E-state index >= 15 is 0 Å². The van der Waals surface area contributed by atoms with E-state index in [1.54, 1.807) is 11.9 Å². The Morgan fingerprint density at radius 1 is 1.43 bits per heavy atom. The summed E-state index contributed by atoms with van der Waals surface area (Å²) in [5.41, 5.74) is -0.596. The van der Waals surface area contributed by atoms with Gasteiger partial charge in [-0.3, -0.25) is 10.1 Å². The molecule has 6 heteroatoms. The van der Waals surface area contributed by atoms with E-state index in [4.69, 9.17) is 4.74 Å². The molecule has 0 aromatic rings. The van der Waals surface area contributed by atoms with Gasteiger partial charge < -0.3 is 9.64 Å². The first-order valence-corrected chi connectivity index (χ1v) is 7.80. The summed E-state index contributed by atoms with van der Waals surface area (Å²) in [5, 5.41) is 3.49. The number of methoxy groups -OCH3 is 1. The average Bonchev–Trinajstić information content (AvgIpc) is 3.14. The summed E-state index contributed by atoms with van der Waals surface area (Å²) in [6.45, 7) is 0.369. The van der Waals surface area contributed by atoms with Crippen molar-refractivity contribution in [2.45, 2.75) is 56.5 Å². The molecule has 2 aliphatic carbocycles. The van der Waals surface area contributed by atoms with Gasteiger partial charge in [0.1, 0.15) is 5.54 Å². The molecule has 4 nitrogen and oxygen atoms in total. The Kier molecular flexibility index (Phi) is 5.54. The van der Waals surface area contributed by atoms with Crippen LogP contribution in [0.15, 0.2) is 0 Å². The van der Waals surface area contributed by atoms with Gasteiger partial charge in [-0.05, 0) is 51.6 Å². The van der Waals surface area contributed by atoms with Crippen molar-refractivity contribution >= 4 is 5.97 Å². The van der Waals surface area contributed by atoms with Gasteiger partial charge in [-0.25, -0.2) is 8.78 Å². The van der Waals surface area contributed by atoms with E-state index in [0.717, 1.165) is 38.5 Å². The highest BCUT2D eigenvalue weighted by atomic mass is 19.3. The number of ether oxygens (including phenoxy) is 1. The number of carbonyl (C=O) groups excluding carboxylic acids is 1.